The van der Waals surface area contributed by atoms with Gasteiger partial charge in [0.25, 0.3) is 0 Å². The number of carbonyl (C=O) groups is 1. The van der Waals surface area contributed by atoms with Crippen LogP contribution in [0, 0.1) is 5.82 Å². The fourth-order valence-corrected chi connectivity index (χ4v) is 2.51. The molecule has 0 saturated carbocycles. The van der Waals surface area contributed by atoms with Crippen molar-refractivity contribution in [2.45, 2.75) is 18.7 Å². The molecule has 6 heteroatoms. The summed E-state index contributed by atoms with van der Waals surface area (Å²) in [5, 5.41) is 0.120. The number of thioether (sulfide) groups is 1. The number of rotatable bonds is 6. The first kappa shape index (κ1) is 15.3. The Bertz CT molecular complexity index is 417. The Morgan fingerprint density at radius 3 is 3.00 bits per heavy atom. The number of carbonyl (C=O) groups excluding carboxylic acids is 1. The van der Waals surface area contributed by atoms with Crippen LogP contribution in [0.25, 0.3) is 0 Å². The molecule has 0 aliphatic rings. The molecule has 0 heterocycles. The molecule has 18 heavy (non-hydrogen) atoms. The molecule has 1 unspecified atom stereocenters. The molecule has 100 valence electrons. The SMILES string of the molecule is CCOC(=O)C(N)CSCc1cccc(F)c1Cl. The summed E-state index contributed by atoms with van der Waals surface area (Å²) in [4.78, 5) is 11.3. The van der Waals surface area contributed by atoms with Crippen molar-refractivity contribution in [2.75, 3.05) is 12.4 Å². The van der Waals surface area contributed by atoms with Crippen LogP contribution in [0.5, 0.6) is 0 Å². The average Bonchev–Trinajstić information content (AvgIpc) is 2.34. The Morgan fingerprint density at radius 1 is 1.61 bits per heavy atom. The fraction of sp³-hybridized carbons (Fsp3) is 0.417. The van der Waals surface area contributed by atoms with Gasteiger partial charge < -0.3 is 10.5 Å². The summed E-state index contributed by atoms with van der Waals surface area (Å²) in [6.45, 7) is 2.04. The van der Waals surface area contributed by atoms with E-state index in [0.717, 1.165) is 0 Å². The zero-order chi connectivity index (χ0) is 13.5. The van der Waals surface area contributed by atoms with E-state index in [0.29, 0.717) is 23.7 Å². The highest BCUT2D eigenvalue weighted by Crippen LogP contribution is 2.24. The lowest BCUT2D eigenvalue weighted by molar-refractivity contribution is -0.144. The topological polar surface area (TPSA) is 52.3 Å². The molecule has 3 nitrogen and oxygen atoms in total. The van der Waals surface area contributed by atoms with E-state index in [4.69, 9.17) is 22.1 Å². The van der Waals surface area contributed by atoms with E-state index in [1.807, 2.05) is 0 Å². The molecule has 1 aromatic carbocycles. The maximum Gasteiger partial charge on any atom is 0.323 e. The monoisotopic (exact) mass is 291 g/mol. The van der Waals surface area contributed by atoms with Crippen LogP contribution < -0.4 is 5.73 Å². The first-order chi connectivity index (χ1) is 8.56. The van der Waals surface area contributed by atoms with Crippen LogP contribution in [0.3, 0.4) is 0 Å². The second kappa shape index (κ2) is 7.61. The van der Waals surface area contributed by atoms with Gasteiger partial charge in [-0.1, -0.05) is 23.7 Å². The molecule has 0 bridgehead atoms. The molecule has 0 aliphatic carbocycles. The van der Waals surface area contributed by atoms with Crippen molar-refractivity contribution in [1.82, 2.24) is 0 Å². The second-order valence-electron chi connectivity index (χ2n) is 3.59. The maximum absolute atomic E-state index is 13.2. The third kappa shape index (κ3) is 4.48. The van der Waals surface area contributed by atoms with Gasteiger partial charge in [-0.25, -0.2) is 4.39 Å². The molecule has 0 radical (unpaired) electrons. The number of nitrogens with two attached hydrogens (primary N) is 1. The molecule has 0 aliphatic heterocycles. The summed E-state index contributed by atoms with van der Waals surface area (Å²) < 4.78 is 17.9. The minimum atomic E-state index is -0.665. The molecule has 0 fully saturated rings. The zero-order valence-electron chi connectivity index (χ0n) is 9.99. The van der Waals surface area contributed by atoms with Gasteiger partial charge in [-0.15, -0.1) is 0 Å². The zero-order valence-corrected chi connectivity index (χ0v) is 11.6. The third-order valence-corrected chi connectivity index (χ3v) is 3.71. The first-order valence-electron chi connectivity index (χ1n) is 5.49. The van der Waals surface area contributed by atoms with Crippen molar-refractivity contribution in [2.24, 2.45) is 5.73 Å². The summed E-state index contributed by atoms with van der Waals surface area (Å²) in [5.74, 6) is 0.0508. The molecule has 1 rings (SSSR count). The Labute approximate surface area is 115 Å². The van der Waals surface area contributed by atoms with Crippen LogP contribution in [-0.4, -0.2) is 24.4 Å². The van der Waals surface area contributed by atoms with Crippen molar-refractivity contribution in [3.05, 3.63) is 34.6 Å². The quantitative estimate of drug-likeness (QED) is 0.819. The number of esters is 1. The van der Waals surface area contributed by atoms with E-state index in [1.165, 1.54) is 17.8 Å². The number of halogens is 2. The number of ether oxygens (including phenoxy) is 1. The summed E-state index contributed by atoms with van der Waals surface area (Å²) in [7, 11) is 0. The van der Waals surface area contributed by atoms with Crippen molar-refractivity contribution in [3.8, 4) is 0 Å². The highest BCUT2D eigenvalue weighted by atomic mass is 35.5. The first-order valence-corrected chi connectivity index (χ1v) is 7.02. The largest absolute Gasteiger partial charge is 0.465 e. The van der Waals surface area contributed by atoms with Gasteiger partial charge in [-0.2, -0.15) is 11.8 Å². The Morgan fingerprint density at radius 2 is 2.33 bits per heavy atom. The minimum Gasteiger partial charge on any atom is -0.465 e. The van der Waals surface area contributed by atoms with Crippen molar-refractivity contribution in [3.63, 3.8) is 0 Å². The smallest absolute Gasteiger partial charge is 0.323 e. The van der Waals surface area contributed by atoms with Gasteiger partial charge in [0.15, 0.2) is 0 Å². The number of hydrogen-bond donors (Lipinski definition) is 1. The molecule has 0 amide bonds. The maximum atomic E-state index is 13.2. The highest BCUT2D eigenvalue weighted by Gasteiger charge is 2.14. The van der Waals surface area contributed by atoms with E-state index in [2.05, 4.69) is 0 Å². The van der Waals surface area contributed by atoms with Crippen LogP contribution in [0.15, 0.2) is 18.2 Å². The summed E-state index contributed by atoms with van der Waals surface area (Å²) in [6, 6.07) is 3.99. The normalized spacial score (nSPS) is 12.2. The van der Waals surface area contributed by atoms with Gasteiger partial charge in [-0.05, 0) is 18.6 Å². The number of benzene rings is 1. The molecular weight excluding hydrogens is 277 g/mol. The van der Waals surface area contributed by atoms with Crippen LogP contribution in [0.2, 0.25) is 5.02 Å². The Hall–Kier alpha value is -0.780. The fourth-order valence-electron chi connectivity index (χ4n) is 1.27. The van der Waals surface area contributed by atoms with Gasteiger partial charge in [-0.3, -0.25) is 4.79 Å². The Balaban J connectivity index is 2.42. The van der Waals surface area contributed by atoms with E-state index in [9.17, 15) is 9.18 Å². The van der Waals surface area contributed by atoms with Crippen LogP contribution in [0.4, 0.5) is 4.39 Å². The van der Waals surface area contributed by atoms with E-state index in [-0.39, 0.29) is 5.02 Å². The minimum absolute atomic E-state index is 0.120. The summed E-state index contributed by atoms with van der Waals surface area (Å²) in [6.07, 6.45) is 0. The van der Waals surface area contributed by atoms with E-state index in [1.54, 1.807) is 19.1 Å². The molecule has 1 atom stereocenters. The molecule has 0 aromatic heterocycles. The number of hydrogen-bond acceptors (Lipinski definition) is 4. The van der Waals surface area contributed by atoms with Gasteiger partial charge >= 0.3 is 5.97 Å². The summed E-state index contributed by atoms with van der Waals surface area (Å²) in [5.41, 5.74) is 6.33. The summed E-state index contributed by atoms with van der Waals surface area (Å²) >= 11 is 7.22. The lowest BCUT2D eigenvalue weighted by Gasteiger charge is -2.10. The standard InChI is InChI=1S/C12H15ClFNO2S/c1-2-17-12(16)10(15)7-18-6-8-4-3-5-9(14)11(8)13/h3-5,10H,2,6-7,15H2,1H3. The molecule has 1 aromatic rings. The predicted molar refractivity (Wildman–Crippen MR) is 72.2 cm³/mol. The lowest BCUT2D eigenvalue weighted by Crippen LogP contribution is -2.34. The molecule has 2 N–H and O–H groups in total. The van der Waals surface area contributed by atoms with Crippen molar-refractivity contribution in [1.29, 1.82) is 0 Å². The van der Waals surface area contributed by atoms with Gasteiger partial charge in [0.1, 0.15) is 11.9 Å². The molecule has 0 spiro atoms. The third-order valence-electron chi connectivity index (χ3n) is 2.18. The second-order valence-corrected chi connectivity index (χ2v) is 4.99. The molecule has 0 saturated heterocycles. The molecular formula is C12H15ClFNO2S. The predicted octanol–water partition coefficient (Wildman–Crippen LogP) is 2.60. The van der Waals surface area contributed by atoms with Gasteiger partial charge in [0, 0.05) is 11.5 Å². The van der Waals surface area contributed by atoms with Crippen LogP contribution in [-0.2, 0) is 15.3 Å². The van der Waals surface area contributed by atoms with E-state index < -0.39 is 17.8 Å². The lowest BCUT2D eigenvalue weighted by atomic mass is 10.2. The van der Waals surface area contributed by atoms with E-state index >= 15 is 0 Å². The highest BCUT2D eigenvalue weighted by molar-refractivity contribution is 7.98. The van der Waals surface area contributed by atoms with Crippen molar-refractivity contribution >= 4 is 29.3 Å². The van der Waals surface area contributed by atoms with Crippen molar-refractivity contribution < 1.29 is 13.9 Å². The van der Waals surface area contributed by atoms with Crippen LogP contribution in [0.1, 0.15) is 12.5 Å². The van der Waals surface area contributed by atoms with Gasteiger partial charge in [0.2, 0.25) is 0 Å². The van der Waals surface area contributed by atoms with Gasteiger partial charge in [0.05, 0.1) is 11.6 Å². The van der Waals surface area contributed by atoms with Crippen LogP contribution >= 0.6 is 23.4 Å². The Kier molecular flexibility index (Phi) is 6.46. The average molecular weight is 292 g/mol.